The minimum Gasteiger partial charge on any atom is -0.392 e. The highest BCUT2D eigenvalue weighted by Crippen LogP contribution is 2.27. The Balaban J connectivity index is 1.80. The number of hydrogen-bond acceptors (Lipinski definition) is 4. The first-order chi connectivity index (χ1) is 10.3. The van der Waals surface area contributed by atoms with Gasteiger partial charge in [-0.1, -0.05) is 24.3 Å². The average molecular weight is 295 g/mol. The molecule has 3 aromatic heterocycles. The monoisotopic (exact) mass is 295 g/mol. The number of fused-ring (bicyclic) bond motifs is 3. The minimum absolute atomic E-state index is 0.0791. The second kappa shape index (κ2) is 4.95. The van der Waals surface area contributed by atoms with Crippen LogP contribution in [-0.2, 0) is 13.2 Å². The third kappa shape index (κ3) is 2.11. The van der Waals surface area contributed by atoms with Gasteiger partial charge in [-0.05, 0) is 22.6 Å². The maximum Gasteiger partial charge on any atom is 0.108 e. The lowest BCUT2D eigenvalue weighted by Crippen LogP contribution is -1.98. The zero-order valence-electron chi connectivity index (χ0n) is 11.2. The Morgan fingerprint density at radius 1 is 1.00 bits per heavy atom. The van der Waals surface area contributed by atoms with Crippen LogP contribution in [-0.4, -0.2) is 19.6 Å². The van der Waals surface area contributed by atoms with Crippen LogP contribution in [0, 0.1) is 0 Å². The van der Waals surface area contributed by atoms with Crippen LogP contribution in [0.1, 0.15) is 11.1 Å². The number of thiophene rings is 1. The van der Waals surface area contributed by atoms with Crippen molar-refractivity contribution in [2.75, 3.05) is 0 Å². The molecule has 0 spiro atoms. The number of hydrogen-bond donors (Lipinski definition) is 1. The molecule has 4 nitrogen and oxygen atoms in total. The molecule has 0 saturated heterocycles. The van der Waals surface area contributed by atoms with Gasteiger partial charge in [0.1, 0.15) is 5.52 Å². The van der Waals surface area contributed by atoms with E-state index in [1.54, 1.807) is 11.3 Å². The summed E-state index contributed by atoms with van der Waals surface area (Å²) in [5, 5.41) is 11.2. The van der Waals surface area contributed by atoms with Crippen LogP contribution in [0.5, 0.6) is 0 Å². The van der Waals surface area contributed by atoms with E-state index in [0.717, 1.165) is 28.7 Å². The third-order valence-electron chi connectivity index (χ3n) is 3.61. The maximum absolute atomic E-state index is 9.10. The zero-order valence-corrected chi connectivity index (χ0v) is 12.0. The lowest BCUT2D eigenvalue weighted by atomic mass is 10.1. The molecule has 4 aromatic rings. The van der Waals surface area contributed by atoms with Gasteiger partial charge in [0, 0.05) is 6.54 Å². The van der Waals surface area contributed by atoms with Gasteiger partial charge in [-0.25, -0.2) is 4.98 Å². The molecule has 5 heteroatoms. The third-order valence-corrected chi connectivity index (χ3v) is 4.52. The highest BCUT2D eigenvalue weighted by atomic mass is 32.1. The molecule has 0 unspecified atom stereocenters. The Hall–Kier alpha value is -2.24. The van der Waals surface area contributed by atoms with Crippen LogP contribution in [0.4, 0.5) is 0 Å². The molecule has 104 valence electrons. The summed E-state index contributed by atoms with van der Waals surface area (Å²) in [6, 6.07) is 10.0. The van der Waals surface area contributed by atoms with E-state index in [4.69, 9.17) is 5.11 Å². The molecule has 4 rings (SSSR count). The van der Waals surface area contributed by atoms with Gasteiger partial charge in [0.2, 0.25) is 0 Å². The number of aliphatic hydroxyl groups is 1. The van der Waals surface area contributed by atoms with E-state index in [-0.39, 0.29) is 6.61 Å². The van der Waals surface area contributed by atoms with E-state index in [0.29, 0.717) is 0 Å². The smallest absolute Gasteiger partial charge is 0.108 e. The first-order valence-corrected chi connectivity index (χ1v) is 7.59. The molecule has 0 radical (unpaired) electrons. The summed E-state index contributed by atoms with van der Waals surface area (Å²) in [6.45, 7) is 0.842. The van der Waals surface area contributed by atoms with Crippen molar-refractivity contribution < 1.29 is 5.11 Å². The van der Waals surface area contributed by atoms with E-state index in [2.05, 4.69) is 19.9 Å². The van der Waals surface area contributed by atoms with Crippen molar-refractivity contribution in [3.05, 3.63) is 59.4 Å². The fraction of sp³-hybridized carbons (Fsp3) is 0.125. The predicted molar refractivity (Wildman–Crippen MR) is 84.4 cm³/mol. The van der Waals surface area contributed by atoms with E-state index in [1.807, 2.05) is 42.9 Å². The van der Waals surface area contributed by atoms with Crippen molar-refractivity contribution in [1.29, 1.82) is 0 Å². The highest BCUT2D eigenvalue weighted by molar-refractivity contribution is 7.18. The maximum atomic E-state index is 9.10. The molecule has 0 aliphatic carbocycles. The molecule has 0 fully saturated rings. The minimum atomic E-state index is 0.0791. The van der Waals surface area contributed by atoms with E-state index in [9.17, 15) is 0 Å². The van der Waals surface area contributed by atoms with Gasteiger partial charge in [-0.3, -0.25) is 4.98 Å². The molecule has 3 heterocycles. The lowest BCUT2D eigenvalue weighted by Gasteiger charge is -2.06. The summed E-state index contributed by atoms with van der Waals surface area (Å²) < 4.78 is 3.33. The summed E-state index contributed by atoms with van der Waals surface area (Å²) in [6.07, 6.45) is 3.70. The van der Waals surface area contributed by atoms with Gasteiger partial charge < -0.3 is 9.67 Å². The molecule has 0 aliphatic heterocycles. The van der Waals surface area contributed by atoms with Gasteiger partial charge in [-0.2, -0.15) is 0 Å². The second-order valence-corrected chi connectivity index (χ2v) is 5.89. The Morgan fingerprint density at radius 3 is 2.62 bits per heavy atom. The fourth-order valence-corrected chi connectivity index (χ4v) is 3.43. The van der Waals surface area contributed by atoms with Crippen LogP contribution >= 0.6 is 11.3 Å². The number of benzene rings is 1. The summed E-state index contributed by atoms with van der Waals surface area (Å²) >= 11 is 1.70. The Bertz CT molecular complexity index is 908. The van der Waals surface area contributed by atoms with Crippen molar-refractivity contribution in [3.8, 4) is 0 Å². The van der Waals surface area contributed by atoms with Crippen LogP contribution < -0.4 is 0 Å². The molecule has 0 atom stereocenters. The number of pyridine rings is 1. The molecule has 0 amide bonds. The molecular formula is C16H13N3OS. The van der Waals surface area contributed by atoms with Gasteiger partial charge in [0.25, 0.3) is 0 Å². The number of rotatable bonds is 3. The largest absolute Gasteiger partial charge is 0.392 e. The first kappa shape index (κ1) is 12.5. The van der Waals surface area contributed by atoms with E-state index >= 15 is 0 Å². The van der Waals surface area contributed by atoms with Crippen molar-refractivity contribution in [1.82, 2.24) is 14.5 Å². The van der Waals surface area contributed by atoms with Crippen molar-refractivity contribution in [3.63, 3.8) is 0 Å². The number of aliphatic hydroxyl groups excluding tert-OH is 1. The Morgan fingerprint density at radius 2 is 1.81 bits per heavy atom. The lowest BCUT2D eigenvalue weighted by molar-refractivity contribution is 0.282. The van der Waals surface area contributed by atoms with Crippen LogP contribution in [0.3, 0.4) is 0 Å². The highest BCUT2D eigenvalue weighted by Gasteiger charge is 2.09. The van der Waals surface area contributed by atoms with Gasteiger partial charge in [0.05, 0.1) is 34.9 Å². The Labute approximate surface area is 125 Å². The van der Waals surface area contributed by atoms with Gasteiger partial charge in [0.15, 0.2) is 0 Å². The summed E-state index contributed by atoms with van der Waals surface area (Å²) in [5.74, 6) is 0. The van der Waals surface area contributed by atoms with Crippen LogP contribution in [0.2, 0.25) is 0 Å². The molecule has 1 N–H and O–H groups in total. The molecule has 1 aromatic carbocycles. The quantitative estimate of drug-likeness (QED) is 0.631. The Kier molecular flexibility index (Phi) is 2.94. The second-order valence-electron chi connectivity index (χ2n) is 4.97. The first-order valence-electron chi connectivity index (χ1n) is 6.71. The topological polar surface area (TPSA) is 50.9 Å². The predicted octanol–water partition coefficient (Wildman–Crippen LogP) is 3.19. The zero-order chi connectivity index (χ0) is 14.2. The molecule has 21 heavy (non-hydrogen) atoms. The molecular weight excluding hydrogens is 282 g/mol. The number of aromatic nitrogens is 3. The fourth-order valence-electron chi connectivity index (χ4n) is 2.52. The normalized spacial score (nSPS) is 11.5. The van der Waals surface area contributed by atoms with Gasteiger partial charge in [-0.15, -0.1) is 11.3 Å². The molecule has 0 aliphatic rings. The molecule has 0 saturated carbocycles. The number of imidazole rings is 1. The van der Waals surface area contributed by atoms with E-state index in [1.165, 1.54) is 10.3 Å². The standard InChI is InChI=1S/C16H13N3OS/c20-9-12-3-1-11(2-4-12)8-19-10-18-14-7-17-13-5-6-21-16(13)15(14)19/h1-7,10,20H,8-9H2. The number of nitrogens with zero attached hydrogens (tertiary/aromatic N) is 3. The summed E-state index contributed by atoms with van der Waals surface area (Å²) in [7, 11) is 0. The van der Waals surface area contributed by atoms with Crippen molar-refractivity contribution in [2.24, 2.45) is 0 Å². The molecule has 0 bridgehead atoms. The van der Waals surface area contributed by atoms with Gasteiger partial charge >= 0.3 is 0 Å². The van der Waals surface area contributed by atoms with Crippen LogP contribution in [0.25, 0.3) is 21.3 Å². The van der Waals surface area contributed by atoms with Crippen LogP contribution in [0.15, 0.2) is 48.2 Å². The van der Waals surface area contributed by atoms with Crippen molar-refractivity contribution in [2.45, 2.75) is 13.2 Å². The summed E-state index contributed by atoms with van der Waals surface area (Å²) in [4.78, 5) is 8.86. The SMILES string of the molecule is OCc1ccc(Cn2cnc3cnc4ccsc4c32)cc1. The van der Waals surface area contributed by atoms with E-state index < -0.39 is 0 Å². The summed E-state index contributed by atoms with van der Waals surface area (Å²) in [5.41, 5.74) is 5.20. The average Bonchev–Trinajstić information content (AvgIpc) is 3.14. The van der Waals surface area contributed by atoms with Crippen molar-refractivity contribution >= 4 is 32.6 Å².